The summed E-state index contributed by atoms with van der Waals surface area (Å²) in [5.41, 5.74) is 0. The van der Waals surface area contributed by atoms with Crippen LogP contribution in [0, 0.1) is 5.92 Å². The van der Waals surface area contributed by atoms with Crippen molar-refractivity contribution >= 4 is 0 Å². The number of rotatable bonds is 7. The molecule has 0 saturated heterocycles. The normalized spacial score (nSPS) is 26.8. The molecule has 1 N–H and O–H groups in total. The van der Waals surface area contributed by atoms with E-state index in [0.29, 0.717) is 6.10 Å². The quantitative estimate of drug-likeness (QED) is 0.656. The van der Waals surface area contributed by atoms with Gasteiger partial charge in [0, 0.05) is 7.11 Å². The van der Waals surface area contributed by atoms with E-state index in [1.165, 1.54) is 58.0 Å². The van der Waals surface area contributed by atoms with Gasteiger partial charge in [-0.2, -0.15) is 0 Å². The summed E-state index contributed by atoms with van der Waals surface area (Å²) in [6.45, 7) is 4.59. The van der Waals surface area contributed by atoms with Crippen LogP contribution in [0.1, 0.15) is 51.9 Å². The van der Waals surface area contributed by atoms with Crippen molar-refractivity contribution in [1.82, 2.24) is 5.32 Å². The maximum atomic E-state index is 5.55. The summed E-state index contributed by atoms with van der Waals surface area (Å²) in [7, 11) is 1.87. The van der Waals surface area contributed by atoms with E-state index in [2.05, 4.69) is 12.2 Å². The predicted molar refractivity (Wildman–Crippen MR) is 65.1 cm³/mol. The monoisotopic (exact) mass is 213 g/mol. The summed E-state index contributed by atoms with van der Waals surface area (Å²) in [6, 6.07) is 0. The van der Waals surface area contributed by atoms with Crippen LogP contribution >= 0.6 is 0 Å². The molecule has 2 atom stereocenters. The van der Waals surface area contributed by atoms with Crippen molar-refractivity contribution in [1.29, 1.82) is 0 Å². The Morgan fingerprint density at radius 2 is 2.00 bits per heavy atom. The van der Waals surface area contributed by atoms with Crippen LogP contribution in [0.3, 0.4) is 0 Å². The Bertz CT molecular complexity index is 149. The summed E-state index contributed by atoms with van der Waals surface area (Å²) >= 11 is 0. The van der Waals surface area contributed by atoms with Gasteiger partial charge in [0.1, 0.15) is 0 Å². The Morgan fingerprint density at radius 1 is 1.20 bits per heavy atom. The van der Waals surface area contributed by atoms with Gasteiger partial charge in [0.2, 0.25) is 0 Å². The minimum atomic E-state index is 0.534. The zero-order valence-corrected chi connectivity index (χ0v) is 10.4. The average Bonchev–Trinajstić information content (AvgIpc) is 2.29. The van der Waals surface area contributed by atoms with Crippen molar-refractivity contribution in [2.45, 2.75) is 58.0 Å². The van der Waals surface area contributed by atoms with Gasteiger partial charge in [-0.1, -0.05) is 26.2 Å². The molecule has 1 aliphatic rings. The fourth-order valence-electron chi connectivity index (χ4n) is 2.53. The maximum absolute atomic E-state index is 5.55. The first kappa shape index (κ1) is 13.0. The molecule has 15 heavy (non-hydrogen) atoms. The highest BCUT2D eigenvalue weighted by Crippen LogP contribution is 2.28. The van der Waals surface area contributed by atoms with E-state index in [1.54, 1.807) is 0 Å². The van der Waals surface area contributed by atoms with E-state index in [-0.39, 0.29) is 0 Å². The minimum absolute atomic E-state index is 0.534. The maximum Gasteiger partial charge on any atom is 0.0600 e. The van der Waals surface area contributed by atoms with Crippen molar-refractivity contribution in [3.8, 4) is 0 Å². The van der Waals surface area contributed by atoms with Crippen molar-refractivity contribution < 1.29 is 4.74 Å². The van der Waals surface area contributed by atoms with Crippen LogP contribution < -0.4 is 5.32 Å². The molecule has 0 radical (unpaired) electrons. The third-order valence-corrected chi connectivity index (χ3v) is 3.54. The van der Waals surface area contributed by atoms with Crippen molar-refractivity contribution in [3.05, 3.63) is 0 Å². The van der Waals surface area contributed by atoms with E-state index in [0.717, 1.165) is 5.92 Å². The van der Waals surface area contributed by atoms with Gasteiger partial charge >= 0.3 is 0 Å². The van der Waals surface area contributed by atoms with Crippen LogP contribution in [0.25, 0.3) is 0 Å². The molecule has 0 unspecified atom stereocenters. The molecule has 2 heteroatoms. The summed E-state index contributed by atoms with van der Waals surface area (Å²) < 4.78 is 5.55. The van der Waals surface area contributed by atoms with E-state index >= 15 is 0 Å². The molecule has 0 aliphatic heterocycles. The fraction of sp³-hybridized carbons (Fsp3) is 1.00. The second kappa shape index (κ2) is 8.12. The van der Waals surface area contributed by atoms with Gasteiger partial charge in [0.25, 0.3) is 0 Å². The minimum Gasteiger partial charge on any atom is -0.381 e. The summed E-state index contributed by atoms with van der Waals surface area (Å²) in [5, 5.41) is 3.52. The molecule has 1 rings (SSSR count). The molecule has 0 aromatic carbocycles. The topological polar surface area (TPSA) is 21.3 Å². The lowest BCUT2D eigenvalue weighted by Crippen LogP contribution is -2.30. The Morgan fingerprint density at radius 3 is 2.73 bits per heavy atom. The van der Waals surface area contributed by atoms with Crippen LogP contribution in [-0.4, -0.2) is 26.3 Å². The van der Waals surface area contributed by atoms with Gasteiger partial charge in [-0.25, -0.2) is 0 Å². The highest BCUT2D eigenvalue weighted by atomic mass is 16.5. The number of methoxy groups -OCH3 is 1. The lowest BCUT2D eigenvalue weighted by atomic mass is 9.84. The molecule has 1 saturated carbocycles. The fourth-order valence-corrected chi connectivity index (χ4v) is 2.53. The van der Waals surface area contributed by atoms with E-state index < -0.39 is 0 Å². The first-order chi connectivity index (χ1) is 7.38. The number of nitrogens with one attached hydrogen (secondary N) is 1. The van der Waals surface area contributed by atoms with E-state index in [9.17, 15) is 0 Å². The van der Waals surface area contributed by atoms with Gasteiger partial charge < -0.3 is 10.1 Å². The molecule has 0 spiro atoms. The zero-order valence-electron chi connectivity index (χ0n) is 10.4. The predicted octanol–water partition coefficient (Wildman–Crippen LogP) is 2.97. The highest BCUT2D eigenvalue weighted by molar-refractivity contribution is 4.76. The molecule has 0 heterocycles. The molecule has 90 valence electrons. The smallest absolute Gasteiger partial charge is 0.0600 e. The van der Waals surface area contributed by atoms with E-state index in [4.69, 9.17) is 4.74 Å². The average molecular weight is 213 g/mol. The lowest BCUT2D eigenvalue weighted by molar-refractivity contribution is 0.0206. The molecule has 2 nitrogen and oxygen atoms in total. The number of hydrogen-bond acceptors (Lipinski definition) is 2. The van der Waals surface area contributed by atoms with Gasteiger partial charge in [0.05, 0.1) is 6.10 Å². The molecular formula is C13H27NO. The Labute approximate surface area is 94.8 Å². The number of unbranched alkanes of at least 4 members (excludes halogenated alkanes) is 1. The number of ether oxygens (including phenoxy) is 1. The van der Waals surface area contributed by atoms with Crippen molar-refractivity contribution in [3.63, 3.8) is 0 Å². The molecule has 0 aromatic rings. The third kappa shape index (κ3) is 4.98. The Kier molecular flexibility index (Phi) is 7.03. The molecule has 0 amide bonds. The van der Waals surface area contributed by atoms with Crippen molar-refractivity contribution in [2.24, 2.45) is 5.92 Å². The SMILES string of the molecule is CCCCNCC[C@@H]1CCCC[C@@H]1OC. The largest absolute Gasteiger partial charge is 0.381 e. The first-order valence-corrected chi connectivity index (χ1v) is 6.62. The molecule has 1 aliphatic carbocycles. The second-order valence-electron chi connectivity index (χ2n) is 4.71. The van der Waals surface area contributed by atoms with E-state index in [1.807, 2.05) is 7.11 Å². The summed E-state index contributed by atoms with van der Waals surface area (Å²) in [6.07, 6.45) is 9.83. The standard InChI is InChI=1S/C13H27NO/c1-3-4-10-14-11-9-12-7-5-6-8-13(12)15-2/h12-14H,3-11H2,1-2H3/t12-,13-/m0/s1. The van der Waals surface area contributed by atoms with Crippen LogP contribution in [0.15, 0.2) is 0 Å². The van der Waals surface area contributed by atoms with Gasteiger partial charge in [-0.05, 0) is 44.7 Å². The second-order valence-corrected chi connectivity index (χ2v) is 4.71. The molecule has 0 bridgehead atoms. The van der Waals surface area contributed by atoms with Crippen LogP contribution in [0.5, 0.6) is 0 Å². The molecule has 1 fully saturated rings. The van der Waals surface area contributed by atoms with Gasteiger partial charge in [-0.3, -0.25) is 0 Å². The Balaban J connectivity index is 2.07. The number of hydrogen-bond donors (Lipinski definition) is 1. The van der Waals surface area contributed by atoms with Crippen LogP contribution in [0.4, 0.5) is 0 Å². The van der Waals surface area contributed by atoms with Gasteiger partial charge in [0.15, 0.2) is 0 Å². The first-order valence-electron chi connectivity index (χ1n) is 6.62. The van der Waals surface area contributed by atoms with Gasteiger partial charge in [-0.15, -0.1) is 0 Å². The Hall–Kier alpha value is -0.0800. The zero-order chi connectivity index (χ0) is 10.9. The van der Waals surface area contributed by atoms with Crippen LogP contribution in [0.2, 0.25) is 0 Å². The molecule has 0 aromatic heterocycles. The summed E-state index contributed by atoms with van der Waals surface area (Å²) in [4.78, 5) is 0. The van der Waals surface area contributed by atoms with Crippen LogP contribution in [-0.2, 0) is 4.74 Å². The highest BCUT2D eigenvalue weighted by Gasteiger charge is 2.23. The third-order valence-electron chi connectivity index (χ3n) is 3.54. The van der Waals surface area contributed by atoms with Crippen molar-refractivity contribution in [2.75, 3.05) is 20.2 Å². The molecular weight excluding hydrogens is 186 g/mol. The summed E-state index contributed by atoms with van der Waals surface area (Å²) in [5.74, 6) is 0.804. The lowest BCUT2D eigenvalue weighted by Gasteiger charge is -2.30.